The third kappa shape index (κ3) is 9.30. The van der Waals surface area contributed by atoms with Crippen LogP contribution in [0.1, 0.15) is 60.9 Å². The normalized spacial score (nSPS) is 13.6. The maximum Gasteiger partial charge on any atom is 0.224 e. The van der Waals surface area contributed by atoms with Crippen molar-refractivity contribution in [2.24, 2.45) is 0 Å². The maximum atomic E-state index is 12.5. The molecule has 0 aliphatic rings. The molecule has 2 atom stereocenters. The van der Waals surface area contributed by atoms with E-state index in [-0.39, 0.29) is 35.3 Å². The number of phenols is 1. The summed E-state index contributed by atoms with van der Waals surface area (Å²) in [4.78, 5) is 23.5. The Morgan fingerprint density at radius 2 is 1.62 bits per heavy atom. The van der Waals surface area contributed by atoms with Gasteiger partial charge in [0.15, 0.2) is 8.32 Å². The first kappa shape index (κ1) is 31.6. The molecule has 216 valence electrons. The summed E-state index contributed by atoms with van der Waals surface area (Å²) in [5.74, 6) is 0.196. The first-order valence-corrected chi connectivity index (χ1v) is 17.1. The number of rotatable bonds is 14. The summed E-state index contributed by atoms with van der Waals surface area (Å²) in [5.41, 5.74) is 4.79. The van der Waals surface area contributed by atoms with E-state index in [4.69, 9.17) is 0 Å². The molecule has 3 rings (SSSR count). The summed E-state index contributed by atoms with van der Waals surface area (Å²) < 4.78 is 0. The van der Waals surface area contributed by atoms with E-state index in [2.05, 4.69) is 43.5 Å². The van der Waals surface area contributed by atoms with Crippen molar-refractivity contribution >= 4 is 14.2 Å². The molecule has 6 nitrogen and oxygen atoms in total. The molecule has 0 spiro atoms. The Morgan fingerprint density at radius 1 is 0.950 bits per heavy atom. The van der Waals surface area contributed by atoms with Gasteiger partial charge in [-0.25, -0.2) is 0 Å². The molecule has 0 aliphatic carbocycles. The van der Waals surface area contributed by atoms with Crippen LogP contribution in [0.3, 0.4) is 0 Å². The van der Waals surface area contributed by atoms with Crippen molar-refractivity contribution < 1.29 is 19.8 Å². The lowest BCUT2D eigenvalue weighted by Gasteiger charge is -2.38. The van der Waals surface area contributed by atoms with Gasteiger partial charge in [-0.1, -0.05) is 74.5 Å². The summed E-state index contributed by atoms with van der Waals surface area (Å²) >= 11 is 0. The largest absolute Gasteiger partial charge is 0.508 e. The van der Waals surface area contributed by atoms with Crippen molar-refractivity contribution in [2.75, 3.05) is 6.54 Å². The number of hydrogen-bond acceptors (Lipinski definition) is 5. The van der Waals surface area contributed by atoms with E-state index in [0.29, 0.717) is 25.1 Å². The van der Waals surface area contributed by atoms with E-state index >= 15 is 0 Å². The van der Waals surface area contributed by atoms with Gasteiger partial charge in [0.05, 0.1) is 13.0 Å². The predicted octanol–water partition coefficient (Wildman–Crippen LogP) is 5.42. The number of carbonyl (C=O) groups is 1. The second-order valence-corrected chi connectivity index (χ2v) is 16.6. The van der Waals surface area contributed by atoms with E-state index in [1.807, 2.05) is 67.7 Å². The Bertz CT molecular complexity index is 1240. The fourth-order valence-corrected chi connectivity index (χ4v) is 5.59. The molecule has 0 unspecified atom stereocenters. The molecule has 0 fully saturated rings. The molecule has 0 bridgehead atoms. The number of carbonyl (C=O) groups excluding carboxylic acids is 1. The van der Waals surface area contributed by atoms with Crippen LogP contribution in [0.2, 0.25) is 18.1 Å². The van der Waals surface area contributed by atoms with Crippen LogP contribution in [0.4, 0.5) is 0 Å². The van der Waals surface area contributed by atoms with Crippen LogP contribution in [0.15, 0.2) is 72.8 Å². The van der Waals surface area contributed by atoms with Crippen molar-refractivity contribution in [3.8, 4) is 5.75 Å². The van der Waals surface area contributed by atoms with Crippen LogP contribution in [0.25, 0.3) is 0 Å². The Morgan fingerprint density at radius 3 is 2.30 bits per heavy atom. The summed E-state index contributed by atoms with van der Waals surface area (Å²) in [5, 5.41) is 26.2. The topological polar surface area (TPSA) is 102 Å². The number of benzene rings is 3. The molecule has 0 radical (unpaired) electrons. The van der Waals surface area contributed by atoms with Crippen LogP contribution in [-0.2, 0) is 30.8 Å². The van der Waals surface area contributed by atoms with Gasteiger partial charge in [0.25, 0.3) is 0 Å². The predicted molar refractivity (Wildman–Crippen MR) is 165 cm³/mol. The molecule has 0 saturated carbocycles. The highest BCUT2D eigenvalue weighted by molar-refractivity contribution is 6.72. The van der Waals surface area contributed by atoms with Crippen LogP contribution < -0.4 is 10.6 Å². The van der Waals surface area contributed by atoms with Crippen molar-refractivity contribution in [3.05, 3.63) is 101 Å². The van der Waals surface area contributed by atoms with Crippen molar-refractivity contribution in [1.29, 1.82) is 0 Å². The lowest BCUT2D eigenvalue weighted by atomic mass is 9.88. The monoisotopic (exact) mass is 562 g/mol. The maximum absolute atomic E-state index is 12.5. The van der Waals surface area contributed by atoms with Crippen molar-refractivity contribution in [1.82, 2.24) is 10.6 Å². The highest BCUT2D eigenvalue weighted by atomic mass is 28.4. The molecule has 5 N–H and O–H groups in total. The fourth-order valence-electron chi connectivity index (χ4n) is 4.84. The third-order valence-electron chi connectivity index (χ3n) is 8.10. The Hall–Kier alpha value is -2.97. The Balaban J connectivity index is 1.63. The molecule has 3 aromatic rings. The molecular weight excluding hydrogens is 516 g/mol. The minimum Gasteiger partial charge on any atom is -0.508 e. The van der Waals surface area contributed by atoms with Gasteiger partial charge in [-0.3, -0.25) is 4.79 Å². The van der Waals surface area contributed by atoms with Gasteiger partial charge in [0.2, 0.25) is 5.91 Å². The van der Waals surface area contributed by atoms with Gasteiger partial charge in [0.1, 0.15) is 5.75 Å². The second-order valence-electron chi connectivity index (χ2n) is 12.2. The van der Waals surface area contributed by atoms with Crippen LogP contribution in [0, 0.1) is 0 Å². The van der Waals surface area contributed by atoms with Crippen LogP contribution >= 0.6 is 0 Å². The molecule has 0 saturated heterocycles. The zero-order valence-electron chi connectivity index (χ0n) is 24.6. The Kier molecular flexibility index (Phi) is 11.1. The first-order valence-electron chi connectivity index (χ1n) is 14.1. The van der Waals surface area contributed by atoms with Crippen LogP contribution in [0.5, 0.6) is 5.75 Å². The van der Waals surface area contributed by atoms with Gasteiger partial charge in [-0.15, -0.1) is 0 Å². The number of nitrogens with one attached hydrogen (secondary N) is 2. The lowest BCUT2D eigenvalue weighted by molar-refractivity contribution is -0.120. The average Bonchev–Trinajstić information content (AvgIpc) is 2.90. The van der Waals surface area contributed by atoms with Crippen LogP contribution in [-0.4, -0.2) is 41.8 Å². The van der Waals surface area contributed by atoms with Crippen molar-refractivity contribution in [3.63, 3.8) is 0 Å². The number of aliphatic hydroxyl groups excluding tert-OH is 1. The number of amides is 1. The molecule has 3 aromatic carbocycles. The molecule has 40 heavy (non-hydrogen) atoms. The van der Waals surface area contributed by atoms with Gasteiger partial charge in [-0.05, 0) is 78.2 Å². The standard InChI is InChI=1S/C33H46N2O4Si/c1-24(16-26-12-9-13-27(17-26)18-32(38)35-21-25-10-7-6-8-11-25)34-22-30(20-33(2,3)40(4,5)39)28-14-15-31(37)29(19-28)23-36/h6-15,17,19,24,30,34,36-37,39H,16,18,20-23H2,1-5H3,(H,35,38)/t24-,30+/m1/s1. The summed E-state index contributed by atoms with van der Waals surface area (Å²) in [6, 6.07) is 23.7. The van der Waals surface area contributed by atoms with Gasteiger partial charge < -0.3 is 25.6 Å². The molecule has 0 aliphatic heterocycles. The molecule has 1 amide bonds. The van der Waals surface area contributed by atoms with E-state index in [1.54, 1.807) is 6.07 Å². The van der Waals surface area contributed by atoms with E-state index in [1.165, 1.54) is 5.56 Å². The molecule has 0 heterocycles. The summed E-state index contributed by atoms with van der Waals surface area (Å²) in [7, 11) is -2.44. The van der Waals surface area contributed by atoms with E-state index in [0.717, 1.165) is 29.5 Å². The summed E-state index contributed by atoms with van der Waals surface area (Å²) in [6.45, 7) is 11.4. The fraction of sp³-hybridized carbons (Fsp3) is 0.424. The van der Waals surface area contributed by atoms with E-state index < -0.39 is 8.32 Å². The molecule has 7 heteroatoms. The zero-order valence-corrected chi connectivity index (χ0v) is 25.6. The highest BCUT2D eigenvalue weighted by Gasteiger charge is 2.40. The van der Waals surface area contributed by atoms with Gasteiger partial charge in [0, 0.05) is 24.7 Å². The molecular formula is C33H46N2O4Si. The number of hydrogen-bond donors (Lipinski definition) is 5. The van der Waals surface area contributed by atoms with Gasteiger partial charge >= 0.3 is 0 Å². The highest BCUT2D eigenvalue weighted by Crippen LogP contribution is 2.44. The minimum absolute atomic E-state index is 0.00383. The quantitative estimate of drug-likeness (QED) is 0.169. The van der Waals surface area contributed by atoms with Crippen molar-refractivity contribution in [2.45, 2.75) is 83.3 Å². The first-order chi connectivity index (χ1) is 18.9. The smallest absolute Gasteiger partial charge is 0.224 e. The summed E-state index contributed by atoms with van der Waals surface area (Å²) in [6.07, 6.45) is 1.94. The second kappa shape index (κ2) is 14.1. The minimum atomic E-state index is -2.44. The SMILES string of the molecule is C[C@H](Cc1cccc(CC(=O)NCc2ccccc2)c1)NC[C@H](CC(C)(C)[Si](C)(C)O)c1ccc(O)c(CO)c1. The number of aromatic hydroxyl groups is 1. The average molecular weight is 563 g/mol. The third-order valence-corrected chi connectivity index (χ3v) is 11.6. The molecule has 0 aromatic heterocycles. The number of aliphatic hydroxyl groups is 1. The van der Waals surface area contributed by atoms with E-state index in [9.17, 15) is 19.8 Å². The lowest BCUT2D eigenvalue weighted by Crippen LogP contribution is -2.41. The zero-order chi connectivity index (χ0) is 29.3. The Labute approximate surface area is 240 Å². The van der Waals surface area contributed by atoms with Gasteiger partial charge in [-0.2, -0.15) is 0 Å².